The van der Waals surface area contributed by atoms with Gasteiger partial charge in [0, 0.05) is 23.7 Å². The van der Waals surface area contributed by atoms with Gasteiger partial charge in [0.2, 0.25) is 0 Å². The molecule has 0 aliphatic carbocycles. The smallest absolute Gasteiger partial charge is 0.252 e. The first-order valence-corrected chi connectivity index (χ1v) is 5.93. The molecule has 0 radical (unpaired) electrons. The molecule has 6 heteroatoms. The van der Waals surface area contributed by atoms with Crippen molar-refractivity contribution in [3.05, 3.63) is 38.8 Å². The molecule has 0 aliphatic rings. The lowest BCUT2D eigenvalue weighted by atomic mass is 10.3. The number of aromatic nitrogens is 2. The van der Waals surface area contributed by atoms with E-state index in [1.165, 1.54) is 11.3 Å². The summed E-state index contributed by atoms with van der Waals surface area (Å²) in [5.74, 6) is -0.0712. The second kappa shape index (κ2) is 4.59. The molecule has 0 spiro atoms. The van der Waals surface area contributed by atoms with Crippen LogP contribution in [0.2, 0.25) is 0 Å². The minimum atomic E-state index is -0.0712. The highest BCUT2D eigenvalue weighted by atomic mass is 79.9. The highest BCUT2D eigenvalue weighted by molar-refractivity contribution is 9.11. The normalized spacial score (nSPS) is 10.2. The van der Waals surface area contributed by atoms with Crippen molar-refractivity contribution >= 4 is 33.2 Å². The van der Waals surface area contributed by atoms with Gasteiger partial charge in [-0.15, -0.1) is 11.3 Å². The Morgan fingerprint density at radius 2 is 2.53 bits per heavy atom. The first kappa shape index (κ1) is 10.4. The van der Waals surface area contributed by atoms with Gasteiger partial charge in [0.1, 0.15) is 0 Å². The van der Waals surface area contributed by atoms with E-state index in [0.29, 0.717) is 12.1 Å². The SMILES string of the molecule is O=C(NCc1cn[nH]c1)c1csc(Br)c1. The Morgan fingerprint density at radius 3 is 3.13 bits per heavy atom. The monoisotopic (exact) mass is 285 g/mol. The van der Waals surface area contributed by atoms with Crippen molar-refractivity contribution in [2.24, 2.45) is 0 Å². The molecule has 0 unspecified atom stereocenters. The van der Waals surface area contributed by atoms with E-state index in [0.717, 1.165) is 9.35 Å². The van der Waals surface area contributed by atoms with Gasteiger partial charge >= 0.3 is 0 Å². The molecule has 2 aromatic rings. The molecule has 78 valence electrons. The maximum Gasteiger partial charge on any atom is 0.252 e. The summed E-state index contributed by atoms with van der Waals surface area (Å²) >= 11 is 4.81. The summed E-state index contributed by atoms with van der Waals surface area (Å²) in [6, 6.07) is 1.80. The molecular formula is C9H8BrN3OS. The minimum Gasteiger partial charge on any atom is -0.348 e. The average molecular weight is 286 g/mol. The maximum atomic E-state index is 11.6. The number of H-pyrrole nitrogens is 1. The molecule has 2 N–H and O–H groups in total. The molecule has 2 rings (SSSR count). The molecule has 0 aliphatic heterocycles. The molecule has 4 nitrogen and oxygen atoms in total. The molecule has 0 aromatic carbocycles. The van der Waals surface area contributed by atoms with Crippen LogP contribution in [0.15, 0.2) is 27.6 Å². The quantitative estimate of drug-likeness (QED) is 0.908. The van der Waals surface area contributed by atoms with Crippen LogP contribution in [0.4, 0.5) is 0 Å². The molecule has 0 bridgehead atoms. The van der Waals surface area contributed by atoms with Gasteiger partial charge in [0.15, 0.2) is 0 Å². The number of hydrogen-bond acceptors (Lipinski definition) is 3. The minimum absolute atomic E-state index is 0.0712. The van der Waals surface area contributed by atoms with Gasteiger partial charge in [-0.25, -0.2) is 0 Å². The Labute approximate surface area is 98.8 Å². The summed E-state index contributed by atoms with van der Waals surface area (Å²) in [6.45, 7) is 0.489. The van der Waals surface area contributed by atoms with E-state index < -0.39 is 0 Å². The third-order valence-corrected chi connectivity index (χ3v) is 3.34. The van der Waals surface area contributed by atoms with E-state index in [1.807, 2.05) is 5.38 Å². The second-order valence-electron chi connectivity index (χ2n) is 2.93. The van der Waals surface area contributed by atoms with E-state index in [-0.39, 0.29) is 5.91 Å². The number of nitrogens with one attached hydrogen (secondary N) is 2. The Kier molecular flexibility index (Phi) is 3.17. The number of amides is 1. The van der Waals surface area contributed by atoms with Crippen LogP contribution in [0.3, 0.4) is 0 Å². The number of halogens is 1. The van der Waals surface area contributed by atoms with Gasteiger partial charge in [0.25, 0.3) is 5.91 Å². The zero-order chi connectivity index (χ0) is 10.7. The van der Waals surface area contributed by atoms with Gasteiger partial charge in [-0.3, -0.25) is 9.89 Å². The number of thiophene rings is 1. The average Bonchev–Trinajstić information content (AvgIpc) is 2.84. The zero-order valence-electron chi connectivity index (χ0n) is 7.66. The Balaban J connectivity index is 1.93. The van der Waals surface area contributed by atoms with Crippen LogP contribution >= 0.6 is 27.3 Å². The molecule has 15 heavy (non-hydrogen) atoms. The van der Waals surface area contributed by atoms with Crippen LogP contribution in [-0.2, 0) is 6.54 Å². The summed E-state index contributed by atoms with van der Waals surface area (Å²) in [7, 11) is 0. The third kappa shape index (κ3) is 2.66. The fraction of sp³-hybridized carbons (Fsp3) is 0.111. The van der Waals surface area contributed by atoms with Crippen LogP contribution in [0.25, 0.3) is 0 Å². The molecule has 0 fully saturated rings. The van der Waals surface area contributed by atoms with Crippen molar-refractivity contribution in [2.75, 3.05) is 0 Å². The van der Waals surface area contributed by atoms with E-state index >= 15 is 0 Å². The fourth-order valence-corrected chi connectivity index (χ4v) is 2.22. The van der Waals surface area contributed by atoms with Gasteiger partial charge in [-0.1, -0.05) is 0 Å². The van der Waals surface area contributed by atoms with Crippen molar-refractivity contribution < 1.29 is 4.79 Å². The van der Waals surface area contributed by atoms with Crippen molar-refractivity contribution in [1.82, 2.24) is 15.5 Å². The summed E-state index contributed by atoms with van der Waals surface area (Å²) in [4.78, 5) is 11.6. The second-order valence-corrected chi connectivity index (χ2v) is 5.22. The first-order valence-electron chi connectivity index (χ1n) is 4.25. The Bertz CT molecular complexity index is 452. The van der Waals surface area contributed by atoms with Crippen molar-refractivity contribution in [3.8, 4) is 0 Å². The lowest BCUT2D eigenvalue weighted by Gasteiger charge is -2.00. The van der Waals surface area contributed by atoms with E-state index in [9.17, 15) is 4.79 Å². The van der Waals surface area contributed by atoms with Crippen LogP contribution in [0.5, 0.6) is 0 Å². The molecule has 0 saturated carbocycles. The van der Waals surface area contributed by atoms with Gasteiger partial charge < -0.3 is 5.32 Å². The number of hydrogen-bond donors (Lipinski definition) is 2. The number of nitrogens with zero attached hydrogens (tertiary/aromatic N) is 1. The molecular weight excluding hydrogens is 278 g/mol. The van der Waals surface area contributed by atoms with Crippen LogP contribution < -0.4 is 5.32 Å². The number of aromatic amines is 1. The topological polar surface area (TPSA) is 57.8 Å². The Morgan fingerprint density at radius 1 is 1.67 bits per heavy atom. The molecule has 0 saturated heterocycles. The van der Waals surface area contributed by atoms with Crippen molar-refractivity contribution in [1.29, 1.82) is 0 Å². The first-order chi connectivity index (χ1) is 7.25. The lowest BCUT2D eigenvalue weighted by Crippen LogP contribution is -2.21. The summed E-state index contributed by atoms with van der Waals surface area (Å²) < 4.78 is 0.955. The summed E-state index contributed by atoms with van der Waals surface area (Å²) in [5, 5.41) is 11.1. The highest BCUT2D eigenvalue weighted by Crippen LogP contribution is 2.20. The van der Waals surface area contributed by atoms with Gasteiger partial charge in [-0.05, 0) is 22.0 Å². The number of carbonyl (C=O) groups is 1. The van der Waals surface area contributed by atoms with Crippen LogP contribution in [-0.4, -0.2) is 16.1 Å². The highest BCUT2D eigenvalue weighted by Gasteiger charge is 2.07. The summed E-state index contributed by atoms with van der Waals surface area (Å²) in [6.07, 6.45) is 3.44. The largest absolute Gasteiger partial charge is 0.348 e. The van der Waals surface area contributed by atoms with E-state index in [2.05, 4.69) is 31.4 Å². The van der Waals surface area contributed by atoms with Crippen LogP contribution in [0, 0.1) is 0 Å². The fourth-order valence-electron chi connectivity index (χ4n) is 1.09. The standard InChI is InChI=1S/C9H8BrN3OS/c10-8-1-7(5-15-8)9(14)11-2-6-3-12-13-4-6/h1,3-5H,2H2,(H,11,14)(H,12,13). The molecule has 2 aromatic heterocycles. The number of carbonyl (C=O) groups excluding carboxylic acids is 1. The summed E-state index contributed by atoms with van der Waals surface area (Å²) in [5.41, 5.74) is 1.63. The van der Waals surface area contributed by atoms with Crippen molar-refractivity contribution in [2.45, 2.75) is 6.54 Å². The molecule has 1 amide bonds. The zero-order valence-corrected chi connectivity index (χ0v) is 10.1. The maximum absolute atomic E-state index is 11.6. The lowest BCUT2D eigenvalue weighted by molar-refractivity contribution is 0.0951. The van der Waals surface area contributed by atoms with Crippen molar-refractivity contribution in [3.63, 3.8) is 0 Å². The molecule has 0 atom stereocenters. The van der Waals surface area contributed by atoms with E-state index in [4.69, 9.17) is 0 Å². The van der Waals surface area contributed by atoms with Gasteiger partial charge in [-0.2, -0.15) is 5.10 Å². The Hall–Kier alpha value is -1.14. The number of rotatable bonds is 3. The van der Waals surface area contributed by atoms with Crippen LogP contribution in [0.1, 0.15) is 15.9 Å². The predicted molar refractivity (Wildman–Crippen MR) is 61.8 cm³/mol. The molecule has 2 heterocycles. The predicted octanol–water partition coefficient (Wildman–Crippen LogP) is 2.16. The van der Waals surface area contributed by atoms with Gasteiger partial charge in [0.05, 0.1) is 15.5 Å². The third-order valence-electron chi connectivity index (χ3n) is 1.84. The van der Waals surface area contributed by atoms with E-state index in [1.54, 1.807) is 18.5 Å².